The van der Waals surface area contributed by atoms with E-state index in [0.29, 0.717) is 23.3 Å². The van der Waals surface area contributed by atoms with E-state index >= 15 is 0 Å². The maximum atomic E-state index is 11.8. The van der Waals surface area contributed by atoms with Crippen LogP contribution in [0.25, 0.3) is 0 Å². The number of hydrogen-bond donors (Lipinski definition) is 2. The molecule has 0 aliphatic rings. The second kappa shape index (κ2) is 10.4. The Kier molecular flexibility index (Phi) is 7.88. The number of amides is 2. The lowest BCUT2D eigenvalue weighted by Gasteiger charge is -2.05. The van der Waals surface area contributed by atoms with Crippen molar-refractivity contribution >= 4 is 34.0 Å². The van der Waals surface area contributed by atoms with Gasteiger partial charge in [0.25, 0.3) is 5.91 Å². The van der Waals surface area contributed by atoms with Crippen LogP contribution in [0, 0.1) is 0 Å². The number of hydrogen-bond acceptors (Lipinski definition) is 5. The average molecular weight is 422 g/mol. The number of benzene rings is 1. The van der Waals surface area contributed by atoms with Crippen molar-refractivity contribution in [1.82, 2.24) is 10.7 Å². The number of aryl methyl sites for hydroxylation is 1. The first-order chi connectivity index (χ1) is 12.6. The average Bonchev–Trinajstić information content (AvgIpc) is 3.06. The smallest absolute Gasteiger partial charge is 0.259 e. The van der Waals surface area contributed by atoms with Crippen molar-refractivity contribution in [3.8, 4) is 5.75 Å². The monoisotopic (exact) mass is 421 g/mol. The largest absolute Gasteiger partial charge is 0.497 e. The van der Waals surface area contributed by atoms with E-state index < -0.39 is 5.91 Å². The number of nitrogens with one attached hydrogen (secondary N) is 2. The van der Waals surface area contributed by atoms with Gasteiger partial charge in [0.15, 0.2) is 4.67 Å². The zero-order valence-corrected chi connectivity index (χ0v) is 15.9. The van der Waals surface area contributed by atoms with E-state index in [2.05, 4.69) is 31.8 Å². The van der Waals surface area contributed by atoms with Gasteiger partial charge in [0.2, 0.25) is 5.91 Å². The summed E-state index contributed by atoms with van der Waals surface area (Å²) in [6, 6.07) is 11.1. The van der Waals surface area contributed by atoms with E-state index in [9.17, 15) is 9.59 Å². The van der Waals surface area contributed by atoms with Crippen molar-refractivity contribution in [1.29, 1.82) is 0 Å². The quantitative estimate of drug-likeness (QED) is 0.480. The van der Waals surface area contributed by atoms with Gasteiger partial charge < -0.3 is 14.5 Å². The molecule has 7 nitrogen and oxygen atoms in total. The Morgan fingerprint density at radius 3 is 2.62 bits per heavy atom. The fourth-order valence-corrected chi connectivity index (χ4v) is 2.44. The Balaban J connectivity index is 1.60. The Morgan fingerprint density at radius 1 is 1.19 bits per heavy atom. The zero-order chi connectivity index (χ0) is 18.8. The maximum Gasteiger partial charge on any atom is 0.259 e. The van der Waals surface area contributed by atoms with Gasteiger partial charge in [0, 0.05) is 6.42 Å². The molecule has 8 heteroatoms. The molecule has 138 valence electrons. The van der Waals surface area contributed by atoms with Gasteiger partial charge in [-0.3, -0.25) is 9.59 Å². The number of hydrazone groups is 1. The third-order valence-electron chi connectivity index (χ3n) is 3.45. The fourth-order valence-electron chi connectivity index (χ4n) is 2.12. The number of methoxy groups -OCH3 is 1. The normalized spacial score (nSPS) is 10.7. The molecular formula is C18H20BrN3O4. The van der Waals surface area contributed by atoms with E-state index in [4.69, 9.17) is 9.15 Å². The molecule has 0 aliphatic carbocycles. The molecule has 1 aromatic heterocycles. The second-order valence-electron chi connectivity index (χ2n) is 5.41. The fraction of sp³-hybridized carbons (Fsp3) is 0.278. The van der Waals surface area contributed by atoms with Crippen molar-refractivity contribution in [2.75, 3.05) is 13.7 Å². The maximum absolute atomic E-state index is 11.8. The molecule has 1 aromatic carbocycles. The van der Waals surface area contributed by atoms with E-state index in [0.717, 1.165) is 17.7 Å². The number of halogens is 1. The lowest BCUT2D eigenvalue weighted by molar-refractivity contribution is -0.126. The Morgan fingerprint density at radius 2 is 1.96 bits per heavy atom. The van der Waals surface area contributed by atoms with Crippen LogP contribution in [0.2, 0.25) is 0 Å². The molecule has 1 heterocycles. The third kappa shape index (κ3) is 7.10. The molecule has 0 unspecified atom stereocenters. The molecule has 2 aromatic rings. The van der Waals surface area contributed by atoms with Crippen molar-refractivity contribution in [2.24, 2.45) is 5.10 Å². The second-order valence-corrected chi connectivity index (χ2v) is 6.19. The summed E-state index contributed by atoms with van der Waals surface area (Å²) < 4.78 is 10.9. The van der Waals surface area contributed by atoms with Crippen molar-refractivity contribution in [2.45, 2.75) is 19.3 Å². The predicted octanol–water partition coefficient (Wildman–Crippen LogP) is 2.64. The zero-order valence-electron chi connectivity index (χ0n) is 14.3. The number of carbonyl (C=O) groups is 2. The van der Waals surface area contributed by atoms with Crippen LogP contribution in [-0.4, -0.2) is 31.7 Å². The summed E-state index contributed by atoms with van der Waals surface area (Å²) in [5, 5.41) is 6.31. The molecule has 2 amide bonds. The predicted molar refractivity (Wildman–Crippen MR) is 101 cm³/mol. The van der Waals surface area contributed by atoms with Crippen LogP contribution in [-0.2, 0) is 16.0 Å². The SMILES string of the molecule is COc1ccc(CCCC(=O)NCC(=O)NN=Cc2ccc(Br)o2)cc1. The van der Waals surface area contributed by atoms with Crippen molar-refractivity contribution < 1.29 is 18.7 Å². The molecule has 2 N–H and O–H groups in total. The minimum Gasteiger partial charge on any atom is -0.497 e. The first-order valence-electron chi connectivity index (χ1n) is 8.03. The van der Waals surface area contributed by atoms with E-state index in [1.54, 1.807) is 19.2 Å². The summed E-state index contributed by atoms with van der Waals surface area (Å²) in [6.07, 6.45) is 3.21. The van der Waals surface area contributed by atoms with Crippen LogP contribution in [0.4, 0.5) is 0 Å². The van der Waals surface area contributed by atoms with Crippen LogP contribution in [0.3, 0.4) is 0 Å². The van der Waals surface area contributed by atoms with Gasteiger partial charge in [0.05, 0.1) is 19.9 Å². The lowest BCUT2D eigenvalue weighted by Crippen LogP contribution is -2.34. The Bertz CT molecular complexity index is 756. The standard InChI is InChI=1S/C18H20BrN3O4/c1-25-14-7-5-13(6-8-14)3-2-4-17(23)20-12-18(24)22-21-11-15-9-10-16(19)26-15/h5-11H,2-4,12H2,1H3,(H,20,23)(H,22,24). The van der Waals surface area contributed by atoms with Crippen LogP contribution in [0.1, 0.15) is 24.2 Å². The van der Waals surface area contributed by atoms with Gasteiger partial charge in [-0.1, -0.05) is 12.1 Å². The van der Waals surface area contributed by atoms with Gasteiger partial charge in [0.1, 0.15) is 11.5 Å². The molecule has 0 fully saturated rings. The molecule has 0 atom stereocenters. The lowest BCUT2D eigenvalue weighted by atomic mass is 10.1. The van der Waals surface area contributed by atoms with Gasteiger partial charge in [-0.15, -0.1) is 0 Å². The van der Waals surface area contributed by atoms with Crippen LogP contribution < -0.4 is 15.5 Å². The first-order valence-corrected chi connectivity index (χ1v) is 8.83. The van der Waals surface area contributed by atoms with Gasteiger partial charge in [-0.25, -0.2) is 5.43 Å². The molecule has 2 rings (SSSR count). The first kappa shape index (κ1) is 19.7. The summed E-state index contributed by atoms with van der Waals surface area (Å²) in [5.74, 6) is 0.725. The molecular weight excluding hydrogens is 402 g/mol. The highest BCUT2D eigenvalue weighted by Crippen LogP contribution is 2.13. The molecule has 0 saturated heterocycles. The van der Waals surface area contributed by atoms with Crippen molar-refractivity contribution in [3.05, 3.63) is 52.4 Å². The Labute approximate surface area is 159 Å². The summed E-state index contributed by atoms with van der Waals surface area (Å²) in [4.78, 5) is 23.4. The Hall–Kier alpha value is -2.61. The highest BCUT2D eigenvalue weighted by Gasteiger charge is 2.05. The number of nitrogens with zero attached hydrogens (tertiary/aromatic N) is 1. The highest BCUT2D eigenvalue weighted by molar-refractivity contribution is 9.10. The topological polar surface area (TPSA) is 92.9 Å². The van der Waals surface area contributed by atoms with E-state index in [1.165, 1.54) is 6.21 Å². The van der Waals surface area contributed by atoms with E-state index in [-0.39, 0.29) is 12.5 Å². The molecule has 0 saturated carbocycles. The molecule has 0 radical (unpaired) electrons. The number of carbonyl (C=O) groups excluding carboxylic acids is 2. The van der Waals surface area contributed by atoms with Gasteiger partial charge in [-0.2, -0.15) is 5.10 Å². The summed E-state index contributed by atoms with van der Waals surface area (Å²) >= 11 is 3.17. The van der Waals surface area contributed by atoms with E-state index in [1.807, 2.05) is 24.3 Å². The number of rotatable bonds is 9. The molecule has 0 aliphatic heterocycles. The summed E-state index contributed by atoms with van der Waals surface area (Å²) in [6.45, 7) is -0.124. The molecule has 0 bridgehead atoms. The highest BCUT2D eigenvalue weighted by atomic mass is 79.9. The van der Waals surface area contributed by atoms with Crippen LogP contribution in [0.15, 0.2) is 50.6 Å². The summed E-state index contributed by atoms with van der Waals surface area (Å²) in [7, 11) is 1.62. The van der Waals surface area contributed by atoms with Gasteiger partial charge >= 0.3 is 0 Å². The van der Waals surface area contributed by atoms with Crippen LogP contribution in [0.5, 0.6) is 5.75 Å². The number of furan rings is 1. The van der Waals surface area contributed by atoms with Crippen LogP contribution >= 0.6 is 15.9 Å². The number of ether oxygens (including phenoxy) is 1. The minimum atomic E-state index is -0.407. The minimum absolute atomic E-state index is 0.124. The van der Waals surface area contributed by atoms with Crippen molar-refractivity contribution in [3.63, 3.8) is 0 Å². The molecule has 0 spiro atoms. The summed E-state index contributed by atoms with van der Waals surface area (Å²) in [5.41, 5.74) is 3.45. The molecule has 26 heavy (non-hydrogen) atoms. The third-order valence-corrected chi connectivity index (χ3v) is 3.88. The van der Waals surface area contributed by atoms with Gasteiger partial charge in [-0.05, 0) is 58.6 Å².